The van der Waals surface area contributed by atoms with E-state index < -0.39 is 0 Å². The number of nitrogens with zero attached hydrogens (tertiary/aromatic N) is 3. The van der Waals surface area contributed by atoms with Gasteiger partial charge >= 0.3 is 0 Å². The highest BCUT2D eigenvalue weighted by molar-refractivity contribution is 5.34. The van der Waals surface area contributed by atoms with Crippen LogP contribution in [-0.2, 0) is 0 Å². The molecule has 0 radical (unpaired) electrons. The predicted octanol–water partition coefficient (Wildman–Crippen LogP) is 0.892. The van der Waals surface area contributed by atoms with E-state index in [2.05, 4.69) is 20.2 Å². The molecule has 1 aromatic heterocycles. The number of fused-ring (bicyclic) bond motifs is 1. The molecule has 4 heteroatoms. The first-order chi connectivity index (χ1) is 7.72. The summed E-state index contributed by atoms with van der Waals surface area (Å²) in [7, 11) is 0. The highest BCUT2D eigenvalue weighted by atomic mass is 15.3. The highest BCUT2D eigenvalue weighted by Gasteiger charge is 2.36. The van der Waals surface area contributed by atoms with Gasteiger partial charge in [0, 0.05) is 30.5 Å². The Kier molecular flexibility index (Phi) is 2.32. The van der Waals surface area contributed by atoms with Crippen molar-refractivity contribution in [3.05, 3.63) is 17.5 Å². The van der Waals surface area contributed by atoms with Crippen molar-refractivity contribution in [2.75, 3.05) is 24.5 Å². The molecular formula is C12H18N4. The molecule has 2 fully saturated rings. The van der Waals surface area contributed by atoms with Gasteiger partial charge in [-0.25, -0.2) is 9.97 Å². The molecule has 0 saturated carbocycles. The number of anilines is 1. The van der Waals surface area contributed by atoms with E-state index in [1.165, 1.54) is 13.0 Å². The summed E-state index contributed by atoms with van der Waals surface area (Å²) in [5.41, 5.74) is 2.12. The lowest BCUT2D eigenvalue weighted by Crippen LogP contribution is -2.62. The maximum Gasteiger partial charge on any atom is 0.225 e. The minimum atomic E-state index is 0.665. The number of rotatable bonds is 1. The van der Waals surface area contributed by atoms with Crippen LogP contribution in [0.4, 0.5) is 5.95 Å². The van der Waals surface area contributed by atoms with Gasteiger partial charge in [0.25, 0.3) is 0 Å². The maximum absolute atomic E-state index is 4.53. The Hall–Kier alpha value is -1.16. The maximum atomic E-state index is 4.53. The second kappa shape index (κ2) is 3.70. The van der Waals surface area contributed by atoms with Crippen LogP contribution in [0.5, 0.6) is 0 Å². The van der Waals surface area contributed by atoms with Gasteiger partial charge in [-0.15, -0.1) is 0 Å². The lowest BCUT2D eigenvalue weighted by Gasteiger charge is -2.46. The van der Waals surface area contributed by atoms with Crippen LogP contribution in [0, 0.1) is 19.8 Å². The van der Waals surface area contributed by atoms with Crippen LogP contribution in [0.1, 0.15) is 17.8 Å². The summed E-state index contributed by atoms with van der Waals surface area (Å²) in [6.07, 6.45) is 1.27. The zero-order valence-corrected chi connectivity index (χ0v) is 9.90. The quantitative estimate of drug-likeness (QED) is 0.760. The molecule has 1 N–H and O–H groups in total. The summed E-state index contributed by atoms with van der Waals surface area (Å²) in [4.78, 5) is 11.4. The van der Waals surface area contributed by atoms with Gasteiger partial charge in [-0.1, -0.05) is 0 Å². The van der Waals surface area contributed by atoms with E-state index in [0.717, 1.165) is 36.3 Å². The van der Waals surface area contributed by atoms with Gasteiger partial charge in [0.2, 0.25) is 5.95 Å². The van der Waals surface area contributed by atoms with Crippen LogP contribution in [0.25, 0.3) is 0 Å². The summed E-state index contributed by atoms with van der Waals surface area (Å²) in [5, 5.41) is 3.48. The average molecular weight is 218 g/mol. The summed E-state index contributed by atoms with van der Waals surface area (Å²) in [6, 6.07) is 2.69. The average Bonchev–Trinajstić information content (AvgIpc) is 2.18. The van der Waals surface area contributed by atoms with Crippen molar-refractivity contribution in [1.82, 2.24) is 15.3 Å². The van der Waals surface area contributed by atoms with E-state index in [9.17, 15) is 0 Å². The number of aryl methyl sites for hydroxylation is 2. The van der Waals surface area contributed by atoms with E-state index in [4.69, 9.17) is 0 Å². The van der Waals surface area contributed by atoms with E-state index >= 15 is 0 Å². The molecule has 0 amide bonds. The number of nitrogens with one attached hydrogen (secondary N) is 1. The summed E-state index contributed by atoms with van der Waals surface area (Å²) in [6.45, 7) is 7.44. The minimum Gasteiger partial charge on any atom is -0.339 e. The Morgan fingerprint density at radius 1 is 1.31 bits per heavy atom. The van der Waals surface area contributed by atoms with Crippen molar-refractivity contribution in [2.24, 2.45) is 5.92 Å². The van der Waals surface area contributed by atoms with E-state index in [0.29, 0.717) is 6.04 Å². The largest absolute Gasteiger partial charge is 0.339 e. The second-order valence-corrected chi connectivity index (χ2v) is 4.96. The number of piperidine rings is 1. The Balaban J connectivity index is 1.81. The molecule has 0 bridgehead atoms. The minimum absolute atomic E-state index is 0.665. The first kappa shape index (κ1) is 10.0. The number of aromatic nitrogens is 2. The third-order valence-electron chi connectivity index (χ3n) is 3.65. The monoisotopic (exact) mass is 218 g/mol. The van der Waals surface area contributed by atoms with Crippen LogP contribution in [0.2, 0.25) is 0 Å². The molecule has 2 saturated heterocycles. The summed E-state index contributed by atoms with van der Waals surface area (Å²) >= 11 is 0. The SMILES string of the molecule is Cc1cc(C)nc(N2CC[C@@H]3CN[C@@H]3C2)n1. The lowest BCUT2D eigenvalue weighted by atomic mass is 9.85. The molecule has 4 nitrogen and oxygen atoms in total. The Morgan fingerprint density at radius 3 is 2.62 bits per heavy atom. The van der Waals surface area contributed by atoms with Gasteiger partial charge in [0.1, 0.15) is 0 Å². The predicted molar refractivity (Wildman–Crippen MR) is 63.6 cm³/mol. The van der Waals surface area contributed by atoms with Crippen molar-refractivity contribution in [3.8, 4) is 0 Å². The third-order valence-corrected chi connectivity index (χ3v) is 3.65. The van der Waals surface area contributed by atoms with Gasteiger partial charge in [-0.2, -0.15) is 0 Å². The number of hydrogen-bond acceptors (Lipinski definition) is 4. The molecule has 0 aromatic carbocycles. The molecule has 0 spiro atoms. The van der Waals surface area contributed by atoms with E-state index in [-0.39, 0.29) is 0 Å². The highest BCUT2D eigenvalue weighted by Crippen LogP contribution is 2.26. The molecular weight excluding hydrogens is 200 g/mol. The number of hydrogen-bond donors (Lipinski definition) is 1. The molecule has 3 rings (SSSR count). The smallest absolute Gasteiger partial charge is 0.225 e. The standard InChI is InChI=1S/C12H18N4/c1-8-5-9(2)15-12(14-8)16-4-3-10-6-13-11(10)7-16/h5,10-11,13H,3-4,6-7H2,1-2H3/t10-,11-/m1/s1. The fraction of sp³-hybridized carbons (Fsp3) is 0.667. The first-order valence-corrected chi connectivity index (χ1v) is 6.03. The second-order valence-electron chi connectivity index (χ2n) is 4.96. The van der Waals surface area contributed by atoms with Gasteiger partial charge in [-0.3, -0.25) is 0 Å². The van der Waals surface area contributed by atoms with Crippen molar-refractivity contribution < 1.29 is 0 Å². The molecule has 3 heterocycles. The van der Waals surface area contributed by atoms with Crippen LogP contribution < -0.4 is 10.2 Å². The zero-order valence-electron chi connectivity index (χ0n) is 9.90. The summed E-state index contributed by atoms with van der Waals surface area (Å²) in [5.74, 6) is 1.80. The zero-order chi connectivity index (χ0) is 11.1. The van der Waals surface area contributed by atoms with Crippen molar-refractivity contribution in [2.45, 2.75) is 26.3 Å². The van der Waals surface area contributed by atoms with Crippen LogP contribution >= 0.6 is 0 Å². The van der Waals surface area contributed by atoms with Crippen molar-refractivity contribution >= 4 is 5.95 Å². The lowest BCUT2D eigenvalue weighted by molar-refractivity contribution is 0.196. The fourth-order valence-corrected chi connectivity index (χ4v) is 2.65. The molecule has 16 heavy (non-hydrogen) atoms. The van der Waals surface area contributed by atoms with Crippen molar-refractivity contribution in [1.29, 1.82) is 0 Å². The molecule has 86 valence electrons. The topological polar surface area (TPSA) is 41.1 Å². The van der Waals surface area contributed by atoms with Gasteiger partial charge in [0.15, 0.2) is 0 Å². The summed E-state index contributed by atoms with van der Waals surface area (Å²) < 4.78 is 0. The Bertz CT molecular complexity index is 384. The van der Waals surface area contributed by atoms with Gasteiger partial charge in [0.05, 0.1) is 0 Å². The molecule has 0 aliphatic carbocycles. The molecule has 1 aromatic rings. The fourth-order valence-electron chi connectivity index (χ4n) is 2.65. The Morgan fingerprint density at radius 2 is 2.06 bits per heavy atom. The molecule has 2 aliphatic rings. The van der Waals surface area contributed by atoms with E-state index in [1.807, 2.05) is 19.9 Å². The van der Waals surface area contributed by atoms with Gasteiger partial charge in [-0.05, 0) is 38.8 Å². The van der Waals surface area contributed by atoms with Gasteiger partial charge < -0.3 is 10.2 Å². The van der Waals surface area contributed by atoms with Crippen LogP contribution in [0.3, 0.4) is 0 Å². The third kappa shape index (κ3) is 1.67. The molecule has 0 unspecified atom stereocenters. The van der Waals surface area contributed by atoms with Crippen molar-refractivity contribution in [3.63, 3.8) is 0 Å². The first-order valence-electron chi connectivity index (χ1n) is 6.03. The van der Waals surface area contributed by atoms with Crippen LogP contribution in [-0.4, -0.2) is 35.6 Å². The Labute approximate surface area is 96.1 Å². The van der Waals surface area contributed by atoms with Crippen LogP contribution in [0.15, 0.2) is 6.07 Å². The molecule has 2 aliphatic heterocycles. The molecule has 2 atom stereocenters. The normalized spacial score (nSPS) is 28.5. The van der Waals surface area contributed by atoms with E-state index in [1.54, 1.807) is 0 Å².